The van der Waals surface area contributed by atoms with Gasteiger partial charge in [0.25, 0.3) is 0 Å². The summed E-state index contributed by atoms with van der Waals surface area (Å²) in [5, 5.41) is 0. The van der Waals surface area contributed by atoms with Crippen molar-refractivity contribution in [1.82, 2.24) is 14.5 Å². The highest BCUT2D eigenvalue weighted by Gasteiger charge is 2.22. The van der Waals surface area contributed by atoms with Gasteiger partial charge in [-0.05, 0) is 30.7 Å². The lowest BCUT2D eigenvalue weighted by Gasteiger charge is -2.34. The standard InChI is InChI=1S/C17H25N3O5S/c1-13-12-15(4-5-16(13)25-3)26(23,24)18-7-6-17(22)20-10-8-19(9-11-20)14(2)21/h4-5,12,18H,6-11H2,1-3H3. The van der Waals surface area contributed by atoms with Crippen LogP contribution in [0.1, 0.15) is 18.9 Å². The van der Waals surface area contributed by atoms with Gasteiger partial charge in [-0.3, -0.25) is 9.59 Å². The Morgan fingerprint density at radius 1 is 1.15 bits per heavy atom. The molecule has 2 amide bonds. The number of hydrogen-bond acceptors (Lipinski definition) is 5. The summed E-state index contributed by atoms with van der Waals surface area (Å²) in [7, 11) is -2.16. The fraction of sp³-hybridized carbons (Fsp3) is 0.529. The van der Waals surface area contributed by atoms with E-state index in [9.17, 15) is 18.0 Å². The maximum absolute atomic E-state index is 12.3. The summed E-state index contributed by atoms with van der Waals surface area (Å²) in [5.41, 5.74) is 0.717. The maximum atomic E-state index is 12.3. The number of sulfonamides is 1. The third-order valence-electron chi connectivity index (χ3n) is 4.39. The molecule has 26 heavy (non-hydrogen) atoms. The zero-order valence-corrected chi connectivity index (χ0v) is 16.1. The normalized spacial score (nSPS) is 15.0. The molecule has 0 radical (unpaired) electrons. The molecular weight excluding hydrogens is 358 g/mol. The molecule has 144 valence electrons. The second-order valence-electron chi connectivity index (χ2n) is 6.17. The van der Waals surface area contributed by atoms with Gasteiger partial charge >= 0.3 is 0 Å². The minimum atomic E-state index is -3.68. The molecule has 0 atom stereocenters. The third kappa shape index (κ3) is 4.95. The molecule has 1 fully saturated rings. The van der Waals surface area contributed by atoms with E-state index in [2.05, 4.69) is 4.72 Å². The van der Waals surface area contributed by atoms with Crippen LogP contribution in [0.5, 0.6) is 5.75 Å². The smallest absolute Gasteiger partial charge is 0.240 e. The predicted octanol–water partition coefficient (Wildman–Crippen LogP) is 0.363. The Kier molecular flexibility index (Phi) is 6.60. The van der Waals surface area contributed by atoms with Gasteiger partial charge in [-0.1, -0.05) is 0 Å². The van der Waals surface area contributed by atoms with E-state index in [1.54, 1.807) is 22.8 Å². The van der Waals surface area contributed by atoms with Crippen molar-refractivity contribution >= 4 is 21.8 Å². The molecule has 1 heterocycles. The van der Waals surface area contributed by atoms with Crippen LogP contribution in [0.2, 0.25) is 0 Å². The van der Waals surface area contributed by atoms with E-state index >= 15 is 0 Å². The number of ether oxygens (including phenoxy) is 1. The number of nitrogens with one attached hydrogen (secondary N) is 1. The first kappa shape index (κ1) is 20.2. The average molecular weight is 383 g/mol. The molecule has 1 aromatic rings. The van der Waals surface area contributed by atoms with E-state index in [0.717, 1.165) is 5.56 Å². The predicted molar refractivity (Wildman–Crippen MR) is 96.4 cm³/mol. The second kappa shape index (κ2) is 8.50. The van der Waals surface area contributed by atoms with Gasteiger partial charge in [0.2, 0.25) is 21.8 Å². The number of carbonyl (C=O) groups is 2. The molecule has 2 rings (SSSR count). The Bertz CT molecular complexity index is 771. The molecule has 1 aliphatic rings. The quantitative estimate of drug-likeness (QED) is 0.765. The summed E-state index contributed by atoms with van der Waals surface area (Å²) in [6.07, 6.45) is 0.0778. The lowest BCUT2D eigenvalue weighted by Crippen LogP contribution is -2.50. The van der Waals surface area contributed by atoms with Gasteiger partial charge in [-0.15, -0.1) is 0 Å². The number of piperazine rings is 1. The highest BCUT2D eigenvalue weighted by Crippen LogP contribution is 2.21. The molecule has 1 N–H and O–H groups in total. The van der Waals surface area contributed by atoms with Crippen molar-refractivity contribution in [1.29, 1.82) is 0 Å². The summed E-state index contributed by atoms with van der Waals surface area (Å²) in [4.78, 5) is 27.0. The first-order valence-corrected chi connectivity index (χ1v) is 9.90. The fourth-order valence-corrected chi connectivity index (χ4v) is 3.94. The van der Waals surface area contributed by atoms with Gasteiger partial charge in [0.15, 0.2) is 0 Å². The van der Waals surface area contributed by atoms with Crippen molar-refractivity contribution in [2.75, 3.05) is 39.8 Å². The molecular formula is C17H25N3O5S. The topological polar surface area (TPSA) is 96.0 Å². The fourth-order valence-electron chi connectivity index (χ4n) is 2.82. The van der Waals surface area contributed by atoms with Crippen LogP contribution in [0.15, 0.2) is 23.1 Å². The van der Waals surface area contributed by atoms with Gasteiger partial charge in [-0.25, -0.2) is 13.1 Å². The molecule has 0 aliphatic carbocycles. The van der Waals surface area contributed by atoms with Gasteiger partial charge in [0.05, 0.1) is 12.0 Å². The van der Waals surface area contributed by atoms with E-state index in [1.165, 1.54) is 26.2 Å². The van der Waals surface area contributed by atoms with Gasteiger partial charge < -0.3 is 14.5 Å². The zero-order chi connectivity index (χ0) is 19.3. The van der Waals surface area contributed by atoms with Crippen molar-refractivity contribution in [3.05, 3.63) is 23.8 Å². The van der Waals surface area contributed by atoms with Crippen LogP contribution < -0.4 is 9.46 Å². The minimum absolute atomic E-state index is 0.000330. The number of methoxy groups -OCH3 is 1. The van der Waals surface area contributed by atoms with Crippen LogP contribution in [0, 0.1) is 6.92 Å². The van der Waals surface area contributed by atoms with Crippen molar-refractivity contribution in [2.24, 2.45) is 0 Å². The Hall–Kier alpha value is -2.13. The van der Waals surface area contributed by atoms with E-state index in [0.29, 0.717) is 31.9 Å². The Morgan fingerprint density at radius 3 is 2.31 bits per heavy atom. The van der Waals surface area contributed by atoms with Crippen molar-refractivity contribution in [2.45, 2.75) is 25.2 Å². The van der Waals surface area contributed by atoms with Crippen molar-refractivity contribution in [3.63, 3.8) is 0 Å². The SMILES string of the molecule is COc1ccc(S(=O)(=O)NCCC(=O)N2CCN(C(C)=O)CC2)cc1C. The monoisotopic (exact) mass is 383 g/mol. The van der Waals surface area contributed by atoms with E-state index in [1.807, 2.05) is 0 Å². The summed E-state index contributed by atoms with van der Waals surface area (Å²) in [6, 6.07) is 4.60. The first-order valence-electron chi connectivity index (χ1n) is 8.42. The van der Waals surface area contributed by atoms with E-state index < -0.39 is 10.0 Å². The highest BCUT2D eigenvalue weighted by atomic mass is 32.2. The van der Waals surface area contributed by atoms with Crippen molar-refractivity contribution in [3.8, 4) is 5.75 Å². The summed E-state index contributed by atoms with van der Waals surface area (Å²) in [6.45, 7) is 5.27. The van der Waals surface area contributed by atoms with Crippen LogP contribution in [0.25, 0.3) is 0 Å². The summed E-state index contributed by atoms with van der Waals surface area (Å²) >= 11 is 0. The highest BCUT2D eigenvalue weighted by molar-refractivity contribution is 7.89. The molecule has 0 bridgehead atoms. The maximum Gasteiger partial charge on any atom is 0.240 e. The van der Waals surface area contributed by atoms with Crippen LogP contribution in [0.4, 0.5) is 0 Å². The minimum Gasteiger partial charge on any atom is -0.496 e. The van der Waals surface area contributed by atoms with Crippen LogP contribution in [-0.2, 0) is 19.6 Å². The number of rotatable bonds is 6. The number of nitrogens with zero attached hydrogens (tertiary/aromatic N) is 2. The number of amides is 2. The molecule has 1 saturated heterocycles. The van der Waals surface area contributed by atoms with Gasteiger partial charge in [-0.2, -0.15) is 0 Å². The van der Waals surface area contributed by atoms with Crippen LogP contribution >= 0.6 is 0 Å². The molecule has 0 saturated carbocycles. The largest absolute Gasteiger partial charge is 0.496 e. The molecule has 0 aromatic heterocycles. The molecule has 0 spiro atoms. The molecule has 0 unspecified atom stereocenters. The molecule has 1 aromatic carbocycles. The average Bonchev–Trinajstić information content (AvgIpc) is 2.61. The Balaban J connectivity index is 1.85. The Morgan fingerprint density at radius 2 is 1.77 bits per heavy atom. The number of aryl methyl sites for hydroxylation is 1. The van der Waals surface area contributed by atoms with Gasteiger partial charge in [0, 0.05) is 46.1 Å². The number of benzene rings is 1. The first-order chi connectivity index (χ1) is 12.2. The lowest BCUT2D eigenvalue weighted by atomic mass is 10.2. The zero-order valence-electron chi connectivity index (χ0n) is 15.3. The number of carbonyl (C=O) groups excluding carboxylic acids is 2. The molecule has 8 nitrogen and oxygen atoms in total. The molecule has 1 aliphatic heterocycles. The Labute approximate surface area is 154 Å². The van der Waals surface area contributed by atoms with E-state index in [4.69, 9.17) is 4.74 Å². The number of hydrogen-bond donors (Lipinski definition) is 1. The summed E-state index contributed by atoms with van der Waals surface area (Å²) < 4.78 is 32.3. The van der Waals surface area contributed by atoms with E-state index in [-0.39, 0.29) is 29.7 Å². The lowest BCUT2D eigenvalue weighted by molar-refractivity contribution is -0.138. The van der Waals surface area contributed by atoms with Crippen molar-refractivity contribution < 1.29 is 22.7 Å². The van der Waals surface area contributed by atoms with Crippen LogP contribution in [-0.4, -0.2) is 69.9 Å². The van der Waals surface area contributed by atoms with Crippen LogP contribution in [0.3, 0.4) is 0 Å². The summed E-state index contributed by atoms with van der Waals surface area (Å²) in [5.74, 6) is 0.491. The third-order valence-corrected chi connectivity index (χ3v) is 5.84. The second-order valence-corrected chi connectivity index (χ2v) is 7.93. The van der Waals surface area contributed by atoms with Gasteiger partial charge in [0.1, 0.15) is 5.75 Å². The molecule has 9 heteroatoms.